The Labute approximate surface area is 86.0 Å². The first-order valence-electron chi connectivity index (χ1n) is 5.06. The van der Waals surface area contributed by atoms with Crippen LogP contribution in [0.2, 0.25) is 0 Å². The topological polar surface area (TPSA) is 25.2 Å². The van der Waals surface area contributed by atoms with Crippen molar-refractivity contribution in [3.8, 4) is 0 Å². The van der Waals surface area contributed by atoms with E-state index < -0.39 is 0 Å². The zero-order chi connectivity index (χ0) is 10.6. The van der Waals surface area contributed by atoms with E-state index >= 15 is 0 Å². The molecule has 1 aromatic rings. The SMILES string of the molecule is C=C(CC)CC(NC)c1coc(C)c1. The standard InChI is InChI=1S/C12H19NO/c1-5-9(2)6-12(13-4)11-7-10(3)14-8-11/h7-8,12-13H,2,5-6H2,1,3-4H3. The van der Waals surface area contributed by atoms with Crippen LogP contribution in [0.1, 0.15) is 37.1 Å². The second-order valence-corrected chi connectivity index (χ2v) is 3.64. The van der Waals surface area contributed by atoms with Gasteiger partial charge in [0.1, 0.15) is 5.76 Å². The Morgan fingerprint density at radius 2 is 2.36 bits per heavy atom. The molecule has 2 heteroatoms. The van der Waals surface area contributed by atoms with Gasteiger partial charge in [-0.3, -0.25) is 0 Å². The summed E-state index contributed by atoms with van der Waals surface area (Å²) in [5, 5.41) is 3.28. The van der Waals surface area contributed by atoms with E-state index in [0.29, 0.717) is 6.04 Å². The van der Waals surface area contributed by atoms with Gasteiger partial charge in [-0.2, -0.15) is 0 Å². The average Bonchev–Trinajstić information content (AvgIpc) is 2.60. The Hall–Kier alpha value is -1.02. The van der Waals surface area contributed by atoms with E-state index in [2.05, 4.69) is 24.9 Å². The van der Waals surface area contributed by atoms with Crippen LogP contribution < -0.4 is 5.32 Å². The number of aryl methyl sites for hydroxylation is 1. The van der Waals surface area contributed by atoms with Crippen LogP contribution in [0.25, 0.3) is 0 Å². The van der Waals surface area contributed by atoms with E-state index in [1.807, 2.05) is 20.2 Å². The van der Waals surface area contributed by atoms with Gasteiger partial charge in [0.15, 0.2) is 0 Å². The molecule has 1 aromatic heterocycles. The monoisotopic (exact) mass is 193 g/mol. The summed E-state index contributed by atoms with van der Waals surface area (Å²) < 4.78 is 5.29. The van der Waals surface area contributed by atoms with E-state index in [1.165, 1.54) is 11.1 Å². The van der Waals surface area contributed by atoms with Crippen molar-refractivity contribution in [2.24, 2.45) is 0 Å². The van der Waals surface area contributed by atoms with Crippen molar-refractivity contribution in [3.05, 3.63) is 35.8 Å². The zero-order valence-corrected chi connectivity index (χ0v) is 9.26. The molecule has 0 fully saturated rings. The van der Waals surface area contributed by atoms with Crippen LogP contribution in [0, 0.1) is 6.92 Å². The van der Waals surface area contributed by atoms with E-state index in [4.69, 9.17) is 4.42 Å². The van der Waals surface area contributed by atoms with Crippen LogP contribution in [0.15, 0.2) is 28.9 Å². The van der Waals surface area contributed by atoms with Gasteiger partial charge >= 0.3 is 0 Å². The molecule has 78 valence electrons. The first-order valence-corrected chi connectivity index (χ1v) is 5.06. The number of hydrogen-bond donors (Lipinski definition) is 1. The number of nitrogens with one attached hydrogen (secondary N) is 1. The van der Waals surface area contributed by atoms with Gasteiger partial charge in [0, 0.05) is 11.6 Å². The summed E-state index contributed by atoms with van der Waals surface area (Å²) >= 11 is 0. The molecule has 2 nitrogen and oxygen atoms in total. The van der Waals surface area contributed by atoms with Crippen molar-refractivity contribution in [1.29, 1.82) is 0 Å². The lowest BCUT2D eigenvalue weighted by molar-refractivity contribution is 0.519. The Morgan fingerprint density at radius 3 is 2.79 bits per heavy atom. The minimum atomic E-state index is 0.333. The number of furan rings is 1. The van der Waals surface area contributed by atoms with E-state index in [9.17, 15) is 0 Å². The minimum absolute atomic E-state index is 0.333. The molecule has 0 aliphatic rings. The van der Waals surface area contributed by atoms with E-state index in [0.717, 1.165) is 18.6 Å². The van der Waals surface area contributed by atoms with Gasteiger partial charge in [0.25, 0.3) is 0 Å². The second-order valence-electron chi connectivity index (χ2n) is 3.64. The van der Waals surface area contributed by atoms with Crippen LogP contribution >= 0.6 is 0 Å². The largest absolute Gasteiger partial charge is 0.469 e. The third kappa shape index (κ3) is 2.74. The maximum Gasteiger partial charge on any atom is 0.101 e. The lowest BCUT2D eigenvalue weighted by Gasteiger charge is -2.14. The molecule has 0 aromatic carbocycles. The van der Waals surface area contributed by atoms with Crippen LogP contribution in [-0.2, 0) is 0 Å². The molecule has 0 saturated carbocycles. The van der Waals surface area contributed by atoms with Crippen LogP contribution in [0.4, 0.5) is 0 Å². The molecule has 0 aliphatic carbocycles. The van der Waals surface area contributed by atoms with Crippen LogP contribution in [0.3, 0.4) is 0 Å². The molecule has 1 heterocycles. The Balaban J connectivity index is 2.67. The highest BCUT2D eigenvalue weighted by Crippen LogP contribution is 2.23. The van der Waals surface area contributed by atoms with Gasteiger partial charge < -0.3 is 9.73 Å². The Morgan fingerprint density at radius 1 is 1.64 bits per heavy atom. The minimum Gasteiger partial charge on any atom is -0.469 e. The van der Waals surface area contributed by atoms with Crippen molar-refractivity contribution in [2.45, 2.75) is 32.7 Å². The highest BCUT2D eigenvalue weighted by Gasteiger charge is 2.11. The van der Waals surface area contributed by atoms with Gasteiger partial charge in [0.2, 0.25) is 0 Å². The Kier molecular flexibility index (Phi) is 3.96. The van der Waals surface area contributed by atoms with Gasteiger partial charge in [-0.25, -0.2) is 0 Å². The van der Waals surface area contributed by atoms with Gasteiger partial charge in [-0.1, -0.05) is 19.1 Å². The predicted molar refractivity (Wildman–Crippen MR) is 59.3 cm³/mol. The van der Waals surface area contributed by atoms with Gasteiger partial charge in [-0.15, -0.1) is 0 Å². The lowest BCUT2D eigenvalue weighted by atomic mass is 10.0. The summed E-state index contributed by atoms with van der Waals surface area (Å²) in [6.07, 6.45) is 3.83. The molecule has 0 aliphatic heterocycles. The van der Waals surface area contributed by atoms with Crippen molar-refractivity contribution >= 4 is 0 Å². The predicted octanol–water partition coefficient (Wildman–Crippen LogP) is 3.20. The highest BCUT2D eigenvalue weighted by atomic mass is 16.3. The van der Waals surface area contributed by atoms with Gasteiger partial charge in [0.05, 0.1) is 6.26 Å². The highest BCUT2D eigenvalue weighted by molar-refractivity contribution is 5.18. The molecular formula is C12H19NO. The smallest absolute Gasteiger partial charge is 0.101 e. The summed E-state index contributed by atoms with van der Waals surface area (Å²) in [5.41, 5.74) is 2.47. The van der Waals surface area contributed by atoms with E-state index in [1.54, 1.807) is 0 Å². The molecule has 14 heavy (non-hydrogen) atoms. The molecule has 0 saturated heterocycles. The number of hydrogen-bond acceptors (Lipinski definition) is 2. The van der Waals surface area contributed by atoms with E-state index in [-0.39, 0.29) is 0 Å². The fraction of sp³-hybridized carbons (Fsp3) is 0.500. The Bertz CT molecular complexity index is 301. The van der Waals surface area contributed by atoms with Crippen LogP contribution in [-0.4, -0.2) is 7.05 Å². The van der Waals surface area contributed by atoms with Crippen molar-refractivity contribution in [1.82, 2.24) is 5.32 Å². The quantitative estimate of drug-likeness (QED) is 0.726. The third-order valence-electron chi connectivity index (χ3n) is 2.49. The fourth-order valence-electron chi connectivity index (χ4n) is 1.47. The maximum absolute atomic E-state index is 5.29. The molecule has 0 bridgehead atoms. The summed E-state index contributed by atoms with van der Waals surface area (Å²) in [6.45, 7) is 8.12. The molecule has 1 atom stereocenters. The molecule has 0 spiro atoms. The summed E-state index contributed by atoms with van der Waals surface area (Å²) in [6, 6.07) is 2.41. The third-order valence-corrected chi connectivity index (χ3v) is 2.49. The molecule has 1 rings (SSSR count). The summed E-state index contributed by atoms with van der Waals surface area (Å²) in [5.74, 6) is 0.961. The molecule has 1 N–H and O–H groups in total. The van der Waals surface area contributed by atoms with Crippen molar-refractivity contribution in [2.75, 3.05) is 7.05 Å². The number of rotatable bonds is 5. The second kappa shape index (κ2) is 5.01. The van der Waals surface area contributed by atoms with Crippen LogP contribution in [0.5, 0.6) is 0 Å². The van der Waals surface area contributed by atoms with Gasteiger partial charge in [-0.05, 0) is 32.9 Å². The molecule has 1 unspecified atom stereocenters. The normalized spacial score (nSPS) is 12.8. The van der Waals surface area contributed by atoms with Crippen molar-refractivity contribution < 1.29 is 4.42 Å². The first kappa shape index (κ1) is 11.1. The van der Waals surface area contributed by atoms with Crippen molar-refractivity contribution in [3.63, 3.8) is 0 Å². The average molecular weight is 193 g/mol. The lowest BCUT2D eigenvalue weighted by Crippen LogP contribution is -2.16. The zero-order valence-electron chi connectivity index (χ0n) is 9.26. The summed E-state index contributed by atoms with van der Waals surface area (Å²) in [4.78, 5) is 0. The maximum atomic E-state index is 5.29. The molecular weight excluding hydrogens is 174 g/mol. The summed E-state index contributed by atoms with van der Waals surface area (Å²) in [7, 11) is 1.97. The molecule has 0 amide bonds. The fourth-order valence-corrected chi connectivity index (χ4v) is 1.47. The molecule has 0 radical (unpaired) electrons. The first-order chi connectivity index (χ1) is 6.67.